The fraction of sp³-hybridized carbons (Fsp3) is 0.474. The molecule has 27 heavy (non-hydrogen) atoms. The van der Waals surface area contributed by atoms with Crippen molar-refractivity contribution in [2.75, 3.05) is 18.4 Å². The molecule has 2 heterocycles. The zero-order valence-electron chi connectivity index (χ0n) is 16.0. The number of hydrogen-bond acceptors (Lipinski definition) is 4. The third kappa shape index (κ3) is 4.06. The van der Waals surface area contributed by atoms with Gasteiger partial charge in [0.1, 0.15) is 0 Å². The zero-order valence-corrected chi connectivity index (χ0v) is 16.8. The van der Waals surface area contributed by atoms with Gasteiger partial charge in [-0.2, -0.15) is 4.31 Å². The molecule has 8 heteroatoms. The van der Waals surface area contributed by atoms with Crippen LogP contribution in [0.25, 0.3) is 0 Å². The number of imidazole rings is 1. The molecule has 1 fully saturated rings. The highest BCUT2D eigenvalue weighted by molar-refractivity contribution is 7.89. The average molecular weight is 391 g/mol. The Hall–Kier alpha value is -2.19. The minimum Gasteiger partial charge on any atom is -0.336 e. The van der Waals surface area contributed by atoms with Crippen LogP contribution in [0.2, 0.25) is 0 Å². The molecule has 1 N–H and O–H groups in total. The third-order valence-corrected chi connectivity index (χ3v) is 6.95. The van der Waals surface area contributed by atoms with Gasteiger partial charge in [-0.1, -0.05) is 12.1 Å². The lowest BCUT2D eigenvalue weighted by atomic mass is 9.98. The van der Waals surface area contributed by atoms with E-state index in [0.29, 0.717) is 25.9 Å². The number of benzene rings is 1. The van der Waals surface area contributed by atoms with Crippen molar-refractivity contribution in [3.8, 4) is 0 Å². The zero-order chi connectivity index (χ0) is 19.6. The second kappa shape index (κ2) is 7.82. The number of nitrogens with zero attached hydrogens (tertiary/aromatic N) is 3. The molecule has 1 aliphatic rings. The first-order chi connectivity index (χ1) is 12.8. The van der Waals surface area contributed by atoms with Crippen LogP contribution in [0.4, 0.5) is 5.69 Å². The molecule has 0 spiro atoms. The van der Waals surface area contributed by atoms with Crippen molar-refractivity contribution in [3.05, 3.63) is 41.9 Å². The van der Waals surface area contributed by atoms with Gasteiger partial charge in [0.15, 0.2) is 5.03 Å². The highest BCUT2D eigenvalue weighted by atomic mass is 32.2. The summed E-state index contributed by atoms with van der Waals surface area (Å²) in [4.78, 5) is 16.8. The Morgan fingerprint density at radius 3 is 2.81 bits per heavy atom. The van der Waals surface area contributed by atoms with Gasteiger partial charge in [-0.15, -0.1) is 0 Å². The largest absolute Gasteiger partial charge is 0.336 e. The van der Waals surface area contributed by atoms with Gasteiger partial charge < -0.3 is 9.88 Å². The van der Waals surface area contributed by atoms with Crippen LogP contribution in [0.15, 0.2) is 35.7 Å². The maximum atomic E-state index is 12.9. The standard InChI is InChI=1S/C19H26N4O3S/c1-4-22-12-18(20-13-22)27(25,26)23-10-6-8-16(11-23)19(24)21-17-9-5-7-14(2)15(17)3/h5,7,9,12-13,16H,4,6,8,10-11H2,1-3H3,(H,21,24)/t16-/m1/s1. The van der Waals surface area contributed by atoms with Gasteiger partial charge in [0, 0.05) is 31.5 Å². The topological polar surface area (TPSA) is 84.3 Å². The first-order valence-electron chi connectivity index (χ1n) is 9.22. The van der Waals surface area contributed by atoms with Crippen LogP contribution in [-0.4, -0.2) is 41.3 Å². The number of carbonyl (C=O) groups is 1. The number of nitrogens with one attached hydrogen (secondary N) is 1. The second-order valence-electron chi connectivity index (χ2n) is 6.98. The van der Waals surface area contributed by atoms with E-state index < -0.39 is 10.0 Å². The van der Waals surface area contributed by atoms with Crippen molar-refractivity contribution in [2.24, 2.45) is 5.92 Å². The number of hydrogen-bond donors (Lipinski definition) is 1. The molecule has 0 bridgehead atoms. The molecule has 0 saturated carbocycles. The highest BCUT2D eigenvalue weighted by Gasteiger charge is 2.34. The number of aromatic nitrogens is 2. The molecular weight excluding hydrogens is 364 g/mol. The number of carbonyl (C=O) groups excluding carboxylic acids is 1. The number of anilines is 1. The van der Waals surface area contributed by atoms with Crippen LogP contribution in [0.5, 0.6) is 0 Å². The van der Waals surface area contributed by atoms with Crippen molar-refractivity contribution in [1.29, 1.82) is 0 Å². The molecule has 1 aromatic carbocycles. The normalized spacial score (nSPS) is 18.4. The summed E-state index contributed by atoms with van der Waals surface area (Å²) >= 11 is 0. The lowest BCUT2D eigenvalue weighted by Crippen LogP contribution is -2.43. The van der Waals surface area contributed by atoms with Gasteiger partial charge in [-0.05, 0) is 50.8 Å². The Bertz CT molecular complexity index is 936. The monoisotopic (exact) mass is 390 g/mol. The van der Waals surface area contributed by atoms with E-state index in [-0.39, 0.29) is 23.4 Å². The summed E-state index contributed by atoms with van der Waals surface area (Å²) in [7, 11) is -3.68. The van der Waals surface area contributed by atoms with E-state index >= 15 is 0 Å². The fourth-order valence-electron chi connectivity index (χ4n) is 3.27. The first-order valence-corrected chi connectivity index (χ1v) is 10.7. The lowest BCUT2D eigenvalue weighted by molar-refractivity contribution is -0.120. The van der Waals surface area contributed by atoms with Crippen molar-refractivity contribution in [2.45, 2.75) is 45.2 Å². The predicted octanol–water partition coefficient (Wildman–Crippen LogP) is 2.56. The van der Waals surface area contributed by atoms with E-state index in [9.17, 15) is 13.2 Å². The van der Waals surface area contributed by atoms with Crippen LogP contribution < -0.4 is 5.32 Å². The predicted molar refractivity (Wildman–Crippen MR) is 104 cm³/mol. The molecule has 1 amide bonds. The summed E-state index contributed by atoms with van der Waals surface area (Å²) in [6.07, 6.45) is 4.38. The van der Waals surface area contributed by atoms with E-state index in [1.54, 1.807) is 4.57 Å². The molecule has 3 rings (SSSR count). The van der Waals surface area contributed by atoms with Crippen LogP contribution in [0.1, 0.15) is 30.9 Å². The molecular formula is C19H26N4O3S. The van der Waals surface area contributed by atoms with E-state index in [1.165, 1.54) is 16.8 Å². The molecule has 7 nitrogen and oxygen atoms in total. The molecule has 146 valence electrons. The SMILES string of the molecule is CCn1cnc(S(=O)(=O)N2CCC[C@@H](C(=O)Nc3cccc(C)c3C)C2)c1. The van der Waals surface area contributed by atoms with E-state index in [2.05, 4.69) is 10.3 Å². The van der Waals surface area contributed by atoms with Crippen molar-refractivity contribution in [3.63, 3.8) is 0 Å². The molecule has 1 aliphatic heterocycles. The number of piperidine rings is 1. The second-order valence-corrected chi connectivity index (χ2v) is 8.87. The molecule has 2 aromatic rings. The maximum Gasteiger partial charge on any atom is 0.262 e. The molecule has 1 saturated heterocycles. The van der Waals surface area contributed by atoms with Gasteiger partial charge in [0.05, 0.1) is 12.2 Å². The number of amides is 1. The third-order valence-electron chi connectivity index (χ3n) is 5.20. The van der Waals surface area contributed by atoms with Gasteiger partial charge in [0.25, 0.3) is 10.0 Å². The smallest absolute Gasteiger partial charge is 0.262 e. The highest BCUT2D eigenvalue weighted by Crippen LogP contribution is 2.25. The van der Waals surface area contributed by atoms with Crippen molar-refractivity contribution >= 4 is 21.6 Å². The van der Waals surface area contributed by atoms with Gasteiger partial charge in [0.2, 0.25) is 5.91 Å². The van der Waals surface area contributed by atoms with Crippen LogP contribution in [-0.2, 0) is 21.4 Å². The van der Waals surface area contributed by atoms with Gasteiger partial charge in [-0.25, -0.2) is 13.4 Å². The Labute approximate surface area is 160 Å². The van der Waals surface area contributed by atoms with Crippen LogP contribution in [0.3, 0.4) is 0 Å². The summed E-state index contributed by atoms with van der Waals surface area (Å²) in [5.41, 5.74) is 2.91. The Kier molecular flexibility index (Phi) is 5.67. The number of sulfonamides is 1. The summed E-state index contributed by atoms with van der Waals surface area (Å²) in [5, 5.41) is 3.01. The summed E-state index contributed by atoms with van der Waals surface area (Å²) in [6, 6.07) is 5.77. The summed E-state index contributed by atoms with van der Waals surface area (Å²) in [6.45, 7) is 7.13. The fourth-order valence-corrected chi connectivity index (χ4v) is 4.73. The Morgan fingerprint density at radius 2 is 2.11 bits per heavy atom. The summed E-state index contributed by atoms with van der Waals surface area (Å²) in [5.74, 6) is -0.510. The first kappa shape index (κ1) is 19.6. The number of aryl methyl sites for hydroxylation is 2. The molecule has 0 aliphatic carbocycles. The van der Waals surface area contributed by atoms with E-state index in [0.717, 1.165) is 16.8 Å². The van der Waals surface area contributed by atoms with Gasteiger partial charge in [-0.3, -0.25) is 4.79 Å². The Balaban J connectivity index is 1.73. The lowest BCUT2D eigenvalue weighted by Gasteiger charge is -2.30. The van der Waals surface area contributed by atoms with Crippen molar-refractivity contribution < 1.29 is 13.2 Å². The number of rotatable bonds is 5. The van der Waals surface area contributed by atoms with E-state index in [4.69, 9.17) is 0 Å². The van der Waals surface area contributed by atoms with Gasteiger partial charge >= 0.3 is 0 Å². The van der Waals surface area contributed by atoms with Crippen LogP contribution >= 0.6 is 0 Å². The summed E-state index contributed by atoms with van der Waals surface area (Å²) < 4.78 is 28.8. The minimum absolute atomic E-state index is 0.0416. The average Bonchev–Trinajstić information content (AvgIpc) is 3.15. The Morgan fingerprint density at radius 1 is 1.33 bits per heavy atom. The van der Waals surface area contributed by atoms with Crippen LogP contribution in [0, 0.1) is 19.8 Å². The van der Waals surface area contributed by atoms with Crippen molar-refractivity contribution in [1.82, 2.24) is 13.9 Å². The minimum atomic E-state index is -3.68. The van der Waals surface area contributed by atoms with E-state index in [1.807, 2.05) is 39.0 Å². The molecule has 0 unspecified atom stereocenters. The molecule has 0 radical (unpaired) electrons. The molecule has 1 atom stereocenters. The molecule has 1 aromatic heterocycles. The quantitative estimate of drug-likeness (QED) is 0.850. The maximum absolute atomic E-state index is 12.9.